The highest BCUT2D eigenvalue weighted by molar-refractivity contribution is 7.91. The molecule has 0 saturated carbocycles. The molecule has 4 aromatic rings. The number of hydrogen-bond acceptors (Lipinski definition) is 10. The first kappa shape index (κ1) is 32.8. The maximum Gasteiger partial charge on any atom is 0.435 e. The van der Waals surface area contributed by atoms with Gasteiger partial charge in [0.05, 0.1) is 33.7 Å². The molecule has 1 aromatic heterocycles. The van der Waals surface area contributed by atoms with Crippen molar-refractivity contribution < 1.29 is 41.0 Å². The number of likely N-dealkylation sites (N-methyl/N-ethyl adjacent to an activating group) is 1. The van der Waals surface area contributed by atoms with Crippen molar-refractivity contribution in [3.63, 3.8) is 0 Å². The van der Waals surface area contributed by atoms with Crippen LogP contribution >= 0.6 is 0 Å². The lowest BCUT2D eigenvalue weighted by Gasteiger charge is -2.25. The summed E-state index contributed by atoms with van der Waals surface area (Å²) in [6.45, 7) is 2.26. The number of amides is 1. The number of sulfone groups is 1. The van der Waals surface area contributed by atoms with E-state index in [4.69, 9.17) is 14.2 Å². The van der Waals surface area contributed by atoms with Crippen molar-refractivity contribution in [2.45, 2.75) is 28.7 Å². The van der Waals surface area contributed by atoms with Gasteiger partial charge >= 0.3 is 6.09 Å². The second-order valence-corrected chi connectivity index (χ2v) is 12.8. The molecule has 1 aliphatic heterocycles. The van der Waals surface area contributed by atoms with Crippen LogP contribution < -0.4 is 15.4 Å². The van der Waals surface area contributed by atoms with E-state index >= 15 is 0 Å². The van der Waals surface area contributed by atoms with Crippen molar-refractivity contribution >= 4 is 44.2 Å². The second kappa shape index (κ2) is 13.8. The number of fused-ring (bicyclic) bond motifs is 1. The van der Waals surface area contributed by atoms with Crippen molar-refractivity contribution in [2.24, 2.45) is 0 Å². The summed E-state index contributed by atoms with van der Waals surface area (Å²) in [6.07, 6.45) is 0.565. The number of nitrogens with one attached hydrogen (secondary N) is 2. The molecule has 0 atom stereocenters. The molecule has 244 valence electrons. The fourth-order valence-corrected chi connectivity index (χ4v) is 6.24. The summed E-state index contributed by atoms with van der Waals surface area (Å²) in [5, 5.41) is 10.4. The van der Waals surface area contributed by atoms with Crippen LogP contribution in [0.3, 0.4) is 0 Å². The highest BCUT2D eigenvalue weighted by atomic mass is 32.2. The Kier molecular flexibility index (Phi) is 9.84. The molecule has 2 N–H and O–H groups in total. The number of nitrogens with zero attached hydrogens (tertiary/aromatic N) is 3. The van der Waals surface area contributed by atoms with Gasteiger partial charge in [-0.1, -0.05) is 0 Å². The molecule has 1 saturated heterocycles. The summed E-state index contributed by atoms with van der Waals surface area (Å²) in [5.74, 6) is -2.32. The van der Waals surface area contributed by atoms with Gasteiger partial charge in [0.15, 0.2) is 5.82 Å². The minimum absolute atomic E-state index is 0.0390. The summed E-state index contributed by atoms with van der Waals surface area (Å²) in [5.41, 5.74) is 0.864. The number of carbonyl (C=O) groups excluding carboxylic acids is 2. The highest BCUT2D eigenvalue weighted by Crippen LogP contribution is 2.31. The molecule has 0 unspecified atom stereocenters. The lowest BCUT2D eigenvalue weighted by molar-refractivity contribution is 0.0904. The van der Waals surface area contributed by atoms with Crippen LogP contribution in [0.4, 0.5) is 25.1 Å². The van der Waals surface area contributed by atoms with Crippen LogP contribution in [0.5, 0.6) is 5.75 Å². The average Bonchev–Trinajstić information content (AvgIpc) is 3.38. The second-order valence-electron chi connectivity index (χ2n) is 10.9. The Labute approximate surface area is 264 Å². The Morgan fingerprint density at radius 3 is 2.41 bits per heavy atom. The zero-order valence-corrected chi connectivity index (χ0v) is 26.2. The molecular weight excluding hydrogens is 624 g/mol. The zero-order valence-electron chi connectivity index (χ0n) is 25.4. The number of anilines is 2. The molecule has 12 nitrogen and oxygen atoms in total. The van der Waals surface area contributed by atoms with Gasteiger partial charge in [0.25, 0.3) is 5.91 Å². The van der Waals surface area contributed by atoms with Crippen molar-refractivity contribution in [3.05, 3.63) is 71.8 Å². The third-order valence-corrected chi connectivity index (χ3v) is 9.04. The Morgan fingerprint density at radius 2 is 1.74 bits per heavy atom. The van der Waals surface area contributed by atoms with Crippen molar-refractivity contribution in [3.8, 4) is 5.75 Å². The van der Waals surface area contributed by atoms with Gasteiger partial charge in [-0.25, -0.2) is 22.0 Å². The number of carbonyl (C=O) groups is 2. The van der Waals surface area contributed by atoms with Crippen LogP contribution in [0.2, 0.25) is 0 Å². The number of benzene rings is 3. The van der Waals surface area contributed by atoms with Gasteiger partial charge in [0.2, 0.25) is 9.84 Å². The van der Waals surface area contributed by atoms with Gasteiger partial charge in [-0.15, -0.1) is 5.10 Å². The van der Waals surface area contributed by atoms with Gasteiger partial charge in [-0.3, -0.25) is 4.79 Å². The van der Waals surface area contributed by atoms with E-state index in [2.05, 4.69) is 15.7 Å². The Morgan fingerprint density at radius 1 is 1.02 bits per heavy atom. The first-order valence-corrected chi connectivity index (χ1v) is 15.8. The van der Waals surface area contributed by atoms with E-state index in [0.29, 0.717) is 56.0 Å². The summed E-state index contributed by atoms with van der Waals surface area (Å²) in [6, 6.07) is 10.6. The van der Waals surface area contributed by atoms with Crippen LogP contribution in [0.1, 0.15) is 23.2 Å². The van der Waals surface area contributed by atoms with Gasteiger partial charge in [0.1, 0.15) is 24.0 Å². The van der Waals surface area contributed by atoms with E-state index < -0.39 is 38.4 Å². The Hall–Kier alpha value is -4.60. The predicted molar refractivity (Wildman–Crippen MR) is 165 cm³/mol. The van der Waals surface area contributed by atoms with Gasteiger partial charge in [0, 0.05) is 43.3 Å². The van der Waals surface area contributed by atoms with Crippen LogP contribution in [-0.4, -0.2) is 88.7 Å². The van der Waals surface area contributed by atoms with E-state index in [-0.39, 0.29) is 33.2 Å². The van der Waals surface area contributed by atoms with Crippen molar-refractivity contribution in [2.75, 3.05) is 58.2 Å². The minimum atomic E-state index is -4.41. The molecule has 5 rings (SSSR count). The van der Waals surface area contributed by atoms with E-state index in [0.717, 1.165) is 30.7 Å². The van der Waals surface area contributed by atoms with E-state index in [1.807, 2.05) is 19.0 Å². The highest BCUT2D eigenvalue weighted by Gasteiger charge is 2.25. The molecule has 1 fully saturated rings. The standard InChI is InChI=1S/C31H33F2N5O7S/c1-37(2)10-13-45-22-4-6-25(27(17-22)34-21-8-11-44-12-9-21)30(39)35-29-26-18-23(5-7-28(26)38(36-29)31(40)43-3)46(41,42)24-15-19(32)14-20(33)16-24/h4-7,14-18,21,34H,8-13H2,1-3H3,(H,35,36,39). The topological polar surface area (TPSA) is 141 Å². The largest absolute Gasteiger partial charge is 0.492 e. The van der Waals surface area contributed by atoms with Crippen molar-refractivity contribution in [1.82, 2.24) is 14.7 Å². The fourth-order valence-electron chi connectivity index (χ4n) is 4.92. The molecule has 46 heavy (non-hydrogen) atoms. The Bertz CT molecular complexity index is 1850. The van der Waals surface area contributed by atoms with Gasteiger partial charge < -0.3 is 29.7 Å². The molecule has 2 heterocycles. The lowest BCUT2D eigenvalue weighted by Crippen LogP contribution is -2.29. The van der Waals surface area contributed by atoms with Crippen LogP contribution in [0.25, 0.3) is 10.9 Å². The number of hydrogen-bond donors (Lipinski definition) is 2. The predicted octanol–water partition coefficient (Wildman–Crippen LogP) is 4.55. The molecule has 15 heteroatoms. The van der Waals surface area contributed by atoms with E-state index in [1.165, 1.54) is 12.1 Å². The fraction of sp³-hybridized carbons (Fsp3) is 0.323. The molecule has 0 aliphatic carbocycles. The summed E-state index contributed by atoms with van der Waals surface area (Å²) in [7, 11) is 0.588. The number of rotatable bonds is 10. The zero-order chi connectivity index (χ0) is 33.0. The monoisotopic (exact) mass is 657 g/mol. The Balaban J connectivity index is 1.52. The molecular formula is C31H33F2N5O7S. The SMILES string of the molecule is COC(=O)n1nc(NC(=O)c2ccc(OCCN(C)C)cc2NC2CCOCC2)c2cc(S(=O)(=O)c3cc(F)cc(F)c3)ccc21. The first-order valence-electron chi connectivity index (χ1n) is 14.4. The molecule has 0 radical (unpaired) electrons. The van der Waals surface area contributed by atoms with E-state index in [9.17, 15) is 26.8 Å². The summed E-state index contributed by atoms with van der Waals surface area (Å²) < 4.78 is 71.5. The number of methoxy groups -OCH3 is 1. The van der Waals surface area contributed by atoms with Gasteiger partial charge in [-0.2, -0.15) is 4.68 Å². The number of aromatic nitrogens is 2. The third kappa shape index (κ3) is 7.27. The number of halogens is 2. The lowest BCUT2D eigenvalue weighted by atomic mass is 10.1. The van der Waals surface area contributed by atoms with E-state index in [1.54, 1.807) is 18.2 Å². The van der Waals surface area contributed by atoms with Crippen LogP contribution in [0.15, 0.2) is 64.4 Å². The number of ether oxygens (including phenoxy) is 3. The molecule has 1 amide bonds. The summed E-state index contributed by atoms with van der Waals surface area (Å²) in [4.78, 5) is 27.3. The first-order chi connectivity index (χ1) is 22.0. The molecule has 0 bridgehead atoms. The third-order valence-electron chi connectivity index (χ3n) is 7.31. The maximum absolute atomic E-state index is 13.9. The minimum Gasteiger partial charge on any atom is -0.492 e. The van der Waals surface area contributed by atoms with Crippen molar-refractivity contribution in [1.29, 1.82) is 0 Å². The molecule has 3 aromatic carbocycles. The normalized spacial score (nSPS) is 14.0. The van der Waals surface area contributed by atoms with Gasteiger partial charge in [-0.05, 0) is 69.4 Å². The smallest absolute Gasteiger partial charge is 0.435 e. The van der Waals surface area contributed by atoms with Crippen LogP contribution in [-0.2, 0) is 19.3 Å². The quantitative estimate of drug-likeness (QED) is 0.250. The molecule has 1 aliphatic rings. The summed E-state index contributed by atoms with van der Waals surface area (Å²) >= 11 is 0. The van der Waals surface area contributed by atoms with Crippen LogP contribution in [0, 0.1) is 11.6 Å². The maximum atomic E-state index is 13.9. The molecule has 0 spiro atoms. The average molecular weight is 658 g/mol.